The number of piperidine rings is 3. The van der Waals surface area contributed by atoms with Gasteiger partial charge in [0.15, 0.2) is 0 Å². The van der Waals surface area contributed by atoms with E-state index < -0.39 is 50.5 Å². The first-order valence-corrected chi connectivity index (χ1v) is 14.3. The van der Waals surface area contributed by atoms with Gasteiger partial charge in [-0.3, -0.25) is 9.88 Å². The third-order valence-corrected chi connectivity index (χ3v) is 9.43. The van der Waals surface area contributed by atoms with Crippen molar-refractivity contribution in [3.63, 3.8) is 0 Å². The van der Waals surface area contributed by atoms with Gasteiger partial charge in [-0.05, 0) is 79.3 Å². The van der Waals surface area contributed by atoms with Crippen LogP contribution >= 0.6 is 0 Å². The zero-order valence-corrected chi connectivity index (χ0v) is 22.7. The molecule has 2 aromatic carbocycles. The fraction of sp³-hybridized carbons (Fsp3) is 0.393. The van der Waals surface area contributed by atoms with Crippen molar-refractivity contribution in [3.05, 3.63) is 78.0 Å². The largest absolute Gasteiger partial charge is 0.497 e. The van der Waals surface area contributed by atoms with E-state index in [4.69, 9.17) is 4.74 Å². The van der Waals surface area contributed by atoms with Gasteiger partial charge >= 0.3 is 12.4 Å². The number of pyridine rings is 1. The van der Waals surface area contributed by atoms with Gasteiger partial charge < -0.3 is 4.74 Å². The second-order valence-electron chi connectivity index (χ2n) is 10.4. The number of hydrogen-bond donors (Lipinski definition) is 1. The van der Waals surface area contributed by atoms with Crippen molar-refractivity contribution in [2.45, 2.75) is 42.2 Å². The maximum absolute atomic E-state index is 13.7. The Morgan fingerprint density at radius 1 is 1.07 bits per heavy atom. The summed E-state index contributed by atoms with van der Waals surface area (Å²) in [5.41, 5.74) is -2.42. The molecule has 41 heavy (non-hydrogen) atoms. The van der Waals surface area contributed by atoms with Crippen LogP contribution in [0.15, 0.2) is 66.2 Å². The van der Waals surface area contributed by atoms with Crippen LogP contribution in [0.1, 0.15) is 35.6 Å². The monoisotopic (exact) mass is 599 g/mol. The zero-order valence-electron chi connectivity index (χ0n) is 21.8. The van der Waals surface area contributed by atoms with Gasteiger partial charge in [0.1, 0.15) is 5.75 Å². The summed E-state index contributed by atoms with van der Waals surface area (Å²) < 4.78 is 116. The molecule has 0 aliphatic carbocycles. The Kier molecular flexibility index (Phi) is 7.58. The molecular weight excluding hydrogens is 572 g/mol. The van der Waals surface area contributed by atoms with Gasteiger partial charge in [0.2, 0.25) is 10.0 Å². The molecule has 0 radical (unpaired) electrons. The Morgan fingerprint density at radius 3 is 2.32 bits per heavy atom. The summed E-state index contributed by atoms with van der Waals surface area (Å²) in [6.07, 6.45) is -5.64. The van der Waals surface area contributed by atoms with E-state index in [1.54, 1.807) is 24.3 Å². The molecule has 3 fully saturated rings. The SMILES string of the molecule is C=CC1CN2CCC1C[C@@H]2[C@H](NS(=O)(=O)c1cc(C(F)(F)F)cc(C(F)(F)F)c1)c1ccnc2ccc(OC)cc12. The van der Waals surface area contributed by atoms with E-state index in [-0.39, 0.29) is 30.0 Å². The van der Waals surface area contributed by atoms with Gasteiger partial charge in [0.05, 0.1) is 34.7 Å². The number of benzene rings is 2. The van der Waals surface area contributed by atoms with Crippen molar-refractivity contribution in [2.75, 3.05) is 20.2 Å². The van der Waals surface area contributed by atoms with Crippen molar-refractivity contribution >= 4 is 20.9 Å². The van der Waals surface area contributed by atoms with E-state index in [2.05, 4.69) is 21.2 Å². The summed E-state index contributed by atoms with van der Waals surface area (Å²) in [5, 5.41) is 0.544. The summed E-state index contributed by atoms with van der Waals surface area (Å²) in [4.78, 5) is 5.31. The van der Waals surface area contributed by atoms with Crippen LogP contribution in [-0.4, -0.2) is 44.5 Å². The van der Waals surface area contributed by atoms with Crippen LogP contribution in [-0.2, 0) is 22.4 Å². The molecule has 6 rings (SSSR count). The third-order valence-electron chi connectivity index (χ3n) is 8.01. The number of fused-ring (bicyclic) bond motifs is 4. The number of nitrogens with zero attached hydrogens (tertiary/aromatic N) is 2. The average Bonchev–Trinajstić information content (AvgIpc) is 2.94. The molecule has 3 aliphatic rings. The first kappa shape index (κ1) is 29.3. The number of sulfonamides is 1. The zero-order chi connectivity index (χ0) is 29.7. The molecule has 3 aliphatic heterocycles. The van der Waals surface area contributed by atoms with Crippen molar-refractivity contribution < 1.29 is 39.5 Å². The predicted molar refractivity (Wildman–Crippen MR) is 140 cm³/mol. The number of methoxy groups -OCH3 is 1. The lowest BCUT2D eigenvalue weighted by atomic mass is 9.73. The minimum atomic E-state index is -5.20. The van der Waals surface area contributed by atoms with E-state index in [9.17, 15) is 34.8 Å². The maximum atomic E-state index is 13.7. The van der Waals surface area contributed by atoms with Crippen LogP contribution in [0, 0.1) is 11.8 Å². The minimum Gasteiger partial charge on any atom is -0.497 e. The quantitative estimate of drug-likeness (QED) is 0.259. The number of nitrogens with one attached hydrogen (secondary N) is 1. The first-order valence-electron chi connectivity index (χ1n) is 12.8. The van der Waals surface area contributed by atoms with E-state index in [0.29, 0.717) is 41.7 Å². The number of aromatic nitrogens is 1. The van der Waals surface area contributed by atoms with Crippen LogP contribution in [0.5, 0.6) is 5.75 Å². The lowest BCUT2D eigenvalue weighted by Crippen LogP contribution is -2.57. The van der Waals surface area contributed by atoms with Crippen molar-refractivity contribution in [1.82, 2.24) is 14.6 Å². The molecule has 13 heteroatoms. The number of halogens is 6. The molecule has 5 atom stereocenters. The van der Waals surface area contributed by atoms with Gasteiger partial charge in [0, 0.05) is 24.2 Å². The van der Waals surface area contributed by atoms with Gasteiger partial charge in [-0.15, -0.1) is 6.58 Å². The van der Waals surface area contributed by atoms with Crippen molar-refractivity contribution in [3.8, 4) is 5.75 Å². The number of rotatable bonds is 7. The Hall–Kier alpha value is -3.16. The van der Waals surface area contributed by atoms with Gasteiger partial charge in [-0.25, -0.2) is 13.1 Å². The molecule has 220 valence electrons. The molecule has 0 spiro atoms. The van der Waals surface area contributed by atoms with E-state index in [0.717, 1.165) is 6.42 Å². The molecule has 2 bridgehead atoms. The highest BCUT2D eigenvalue weighted by Crippen LogP contribution is 2.43. The van der Waals surface area contributed by atoms with E-state index >= 15 is 0 Å². The Morgan fingerprint density at radius 2 is 1.76 bits per heavy atom. The Labute approximate surface area is 233 Å². The fourth-order valence-corrected chi connectivity index (χ4v) is 7.25. The lowest BCUT2D eigenvalue weighted by molar-refractivity contribution is -0.143. The molecule has 4 heterocycles. The van der Waals surface area contributed by atoms with Crippen LogP contribution in [0.25, 0.3) is 10.9 Å². The summed E-state index contributed by atoms with van der Waals surface area (Å²) in [5.74, 6) is 0.852. The summed E-state index contributed by atoms with van der Waals surface area (Å²) in [6.45, 7) is 5.16. The maximum Gasteiger partial charge on any atom is 0.416 e. The van der Waals surface area contributed by atoms with Gasteiger partial charge in [-0.2, -0.15) is 26.3 Å². The highest BCUT2D eigenvalue weighted by molar-refractivity contribution is 7.89. The topological polar surface area (TPSA) is 71.5 Å². The van der Waals surface area contributed by atoms with Crippen molar-refractivity contribution in [1.29, 1.82) is 0 Å². The summed E-state index contributed by atoms with van der Waals surface area (Å²) >= 11 is 0. The van der Waals surface area contributed by atoms with E-state index in [1.807, 2.05) is 6.08 Å². The molecule has 3 saturated heterocycles. The second kappa shape index (κ2) is 10.6. The smallest absolute Gasteiger partial charge is 0.416 e. The highest BCUT2D eigenvalue weighted by atomic mass is 32.2. The van der Waals surface area contributed by atoms with Crippen LogP contribution in [0.4, 0.5) is 26.3 Å². The number of hydrogen-bond acceptors (Lipinski definition) is 5. The molecule has 3 unspecified atom stereocenters. The van der Waals surface area contributed by atoms with Crippen LogP contribution in [0.2, 0.25) is 0 Å². The number of ether oxygens (including phenoxy) is 1. The molecule has 0 amide bonds. The average molecular weight is 600 g/mol. The predicted octanol–water partition coefficient (Wildman–Crippen LogP) is 6.20. The molecule has 1 N–H and O–H groups in total. The van der Waals surface area contributed by atoms with Crippen molar-refractivity contribution in [2.24, 2.45) is 11.8 Å². The normalized spacial score (nSPS) is 23.9. The second-order valence-corrected chi connectivity index (χ2v) is 12.1. The Bertz CT molecular complexity index is 1540. The van der Waals surface area contributed by atoms with Crippen LogP contribution < -0.4 is 9.46 Å². The molecular formula is C28H27F6N3O3S. The Balaban J connectivity index is 1.65. The first-order chi connectivity index (χ1) is 19.2. The van der Waals surface area contributed by atoms with Gasteiger partial charge in [0.25, 0.3) is 0 Å². The standard InChI is InChI=1S/C28H27F6N3O3S/c1-3-16-15-37-9-7-17(16)10-25(37)26(22-6-8-35-24-5-4-20(40-2)14-23(22)24)36-41(38,39)21-12-18(27(29,30)31)11-19(13-21)28(32,33)34/h3-6,8,11-14,16-17,25-26,36H,1,7,9-10,15H2,2H3/t16?,17?,25-,26-/m1/s1. The van der Waals surface area contributed by atoms with Gasteiger partial charge in [-0.1, -0.05) is 6.08 Å². The highest BCUT2D eigenvalue weighted by Gasteiger charge is 2.45. The minimum absolute atomic E-state index is 0.0968. The summed E-state index contributed by atoms with van der Waals surface area (Å²) in [6, 6.07) is 5.56. The number of alkyl halides is 6. The lowest BCUT2D eigenvalue weighted by Gasteiger charge is -2.51. The molecule has 3 aromatic rings. The molecule has 6 nitrogen and oxygen atoms in total. The fourth-order valence-electron chi connectivity index (χ4n) is 5.93. The molecule has 0 saturated carbocycles. The van der Waals surface area contributed by atoms with Crippen LogP contribution in [0.3, 0.4) is 0 Å². The summed E-state index contributed by atoms with van der Waals surface area (Å²) in [7, 11) is -3.43. The molecule has 1 aromatic heterocycles. The third kappa shape index (κ3) is 5.80. The van der Waals surface area contributed by atoms with E-state index in [1.165, 1.54) is 13.3 Å².